The Bertz CT molecular complexity index is 921. The van der Waals surface area contributed by atoms with Crippen LogP contribution in [0.5, 0.6) is 0 Å². The first-order chi connectivity index (χ1) is 23.3. The van der Waals surface area contributed by atoms with Gasteiger partial charge in [-0.1, -0.05) is 146 Å². The van der Waals surface area contributed by atoms with E-state index in [1.807, 2.05) is 0 Å². The minimum atomic E-state index is -4.76. The van der Waals surface area contributed by atoms with Crippen LogP contribution in [-0.4, -0.2) is 41.0 Å². The molecule has 0 aromatic heterocycles. The van der Waals surface area contributed by atoms with Crippen LogP contribution in [0.4, 0.5) is 0 Å². The molecule has 0 saturated heterocycles. The minimum absolute atomic E-state index is 0.174. The maximum absolute atomic E-state index is 12.3. The van der Waals surface area contributed by atoms with Gasteiger partial charge in [0.25, 0.3) is 0 Å². The van der Waals surface area contributed by atoms with E-state index in [1.54, 1.807) is 0 Å². The molecule has 0 aliphatic carbocycles. The summed E-state index contributed by atoms with van der Waals surface area (Å²) in [7, 11) is -4.76. The lowest BCUT2D eigenvalue weighted by Gasteiger charge is -2.18. The van der Waals surface area contributed by atoms with E-state index in [2.05, 4.69) is 67.0 Å². The fourth-order valence-electron chi connectivity index (χ4n) is 5.00. The Morgan fingerprint density at radius 1 is 0.542 bits per heavy atom. The molecule has 0 saturated carbocycles. The zero-order valence-corrected chi connectivity index (χ0v) is 31.3. The van der Waals surface area contributed by atoms with E-state index < -0.39 is 32.5 Å². The van der Waals surface area contributed by atoms with Gasteiger partial charge in [-0.2, -0.15) is 0 Å². The fourth-order valence-corrected chi connectivity index (χ4v) is 5.36. The van der Waals surface area contributed by atoms with Crippen LogP contribution in [0.2, 0.25) is 0 Å². The molecule has 2 N–H and O–H groups in total. The molecule has 0 aromatic rings. The predicted molar refractivity (Wildman–Crippen MR) is 198 cm³/mol. The summed E-state index contributed by atoms with van der Waals surface area (Å²) >= 11 is 0. The van der Waals surface area contributed by atoms with Crippen molar-refractivity contribution in [1.29, 1.82) is 0 Å². The Morgan fingerprint density at radius 3 is 1.44 bits per heavy atom. The monoisotopic (exact) mass is 696 g/mol. The van der Waals surface area contributed by atoms with Crippen molar-refractivity contribution in [3.63, 3.8) is 0 Å². The van der Waals surface area contributed by atoms with Gasteiger partial charge in [-0.25, -0.2) is 4.57 Å². The summed E-state index contributed by atoms with van der Waals surface area (Å²) in [5.74, 6) is -0.923. The second kappa shape index (κ2) is 34.9. The average Bonchev–Trinajstić information content (AvgIpc) is 3.05. The second-order valence-corrected chi connectivity index (χ2v) is 13.8. The molecule has 0 aliphatic rings. The molecule has 0 heterocycles. The number of rotatable bonds is 34. The quantitative estimate of drug-likeness (QED) is 0.0295. The molecule has 0 bridgehead atoms. The third kappa shape index (κ3) is 36.8. The highest BCUT2D eigenvalue weighted by Crippen LogP contribution is 2.36. The minimum Gasteiger partial charge on any atom is -0.462 e. The molecule has 8 nitrogen and oxygen atoms in total. The molecule has 1 atom stereocenters. The molecule has 0 amide bonds. The summed E-state index contributed by atoms with van der Waals surface area (Å²) in [4.78, 5) is 42.6. The van der Waals surface area contributed by atoms with Gasteiger partial charge in [-0.3, -0.25) is 14.1 Å². The van der Waals surface area contributed by atoms with Gasteiger partial charge in [0.05, 0.1) is 6.61 Å². The predicted octanol–water partition coefficient (Wildman–Crippen LogP) is 11.2. The topological polar surface area (TPSA) is 119 Å². The number of unbranched alkanes of at least 4 members (excludes halogenated alkanes) is 16. The summed E-state index contributed by atoms with van der Waals surface area (Å²) < 4.78 is 26.3. The smallest absolute Gasteiger partial charge is 0.462 e. The number of esters is 2. The molecule has 0 rings (SSSR count). The average molecular weight is 697 g/mol. The molecule has 0 aliphatic heterocycles. The van der Waals surface area contributed by atoms with Gasteiger partial charge in [-0.05, 0) is 57.8 Å². The standard InChI is InChI=1S/C39H69O8P/c1-3-5-7-9-11-13-15-16-17-18-19-20-21-22-24-26-28-30-32-34-39(41)47-37(36-46-48(42,43)44)35-45-38(40)33-31-29-27-25-23-14-12-10-8-6-4-2/h11,13,16-17,19-20,22,24,37H,3-10,12,14-15,18,21,23,25-36H2,1-2H3,(H2,42,43,44)/b13-11+,17-16+,20-19+,24-22+/t37-/m1/s1. The largest absolute Gasteiger partial charge is 0.469 e. The lowest BCUT2D eigenvalue weighted by atomic mass is 10.1. The first-order valence-corrected chi connectivity index (χ1v) is 20.5. The van der Waals surface area contributed by atoms with Gasteiger partial charge in [-0.15, -0.1) is 0 Å². The van der Waals surface area contributed by atoms with Crippen molar-refractivity contribution in [2.24, 2.45) is 0 Å². The van der Waals surface area contributed by atoms with E-state index in [0.717, 1.165) is 57.8 Å². The Balaban J connectivity index is 4.04. The van der Waals surface area contributed by atoms with Crippen molar-refractivity contribution in [3.05, 3.63) is 48.6 Å². The van der Waals surface area contributed by atoms with Gasteiger partial charge in [0.2, 0.25) is 0 Å². The van der Waals surface area contributed by atoms with Gasteiger partial charge >= 0.3 is 19.8 Å². The number of hydrogen-bond acceptors (Lipinski definition) is 6. The van der Waals surface area contributed by atoms with E-state index in [4.69, 9.17) is 19.3 Å². The van der Waals surface area contributed by atoms with E-state index >= 15 is 0 Å². The van der Waals surface area contributed by atoms with E-state index in [-0.39, 0.29) is 19.4 Å². The van der Waals surface area contributed by atoms with Gasteiger partial charge in [0.15, 0.2) is 6.10 Å². The number of phosphoric acid groups is 1. The molecule has 0 fully saturated rings. The first kappa shape index (κ1) is 46.0. The Morgan fingerprint density at radius 2 is 0.938 bits per heavy atom. The summed E-state index contributed by atoms with van der Waals surface area (Å²) in [6.07, 6.45) is 41.2. The molecule has 0 unspecified atom stereocenters. The molecular weight excluding hydrogens is 627 g/mol. The van der Waals surface area contributed by atoms with Crippen LogP contribution in [0.15, 0.2) is 48.6 Å². The number of phosphoric ester groups is 1. The lowest BCUT2D eigenvalue weighted by Crippen LogP contribution is -2.29. The SMILES string of the molecule is CCCCC/C=C/C/C=C/C/C=C/C/C=C/CCCCCC(=O)O[C@H](COC(=O)CCCCCCCCCCCCC)COP(=O)(O)O. The highest BCUT2D eigenvalue weighted by atomic mass is 31.2. The van der Waals surface area contributed by atoms with Crippen molar-refractivity contribution in [2.75, 3.05) is 13.2 Å². The number of hydrogen-bond donors (Lipinski definition) is 2. The van der Waals surface area contributed by atoms with Crippen LogP contribution in [-0.2, 0) is 28.2 Å². The third-order valence-corrected chi connectivity index (χ3v) is 8.34. The Hall–Kier alpha value is -1.99. The molecule has 0 radical (unpaired) electrons. The van der Waals surface area contributed by atoms with Crippen LogP contribution < -0.4 is 0 Å². The highest BCUT2D eigenvalue weighted by Gasteiger charge is 2.22. The van der Waals surface area contributed by atoms with E-state index in [9.17, 15) is 14.2 Å². The van der Waals surface area contributed by atoms with Crippen LogP contribution in [0, 0.1) is 0 Å². The molecule has 9 heteroatoms. The first-order valence-electron chi connectivity index (χ1n) is 18.9. The number of allylic oxidation sites excluding steroid dienone is 8. The third-order valence-electron chi connectivity index (χ3n) is 7.85. The molecular formula is C39H69O8P. The van der Waals surface area contributed by atoms with Gasteiger partial charge < -0.3 is 19.3 Å². The van der Waals surface area contributed by atoms with Gasteiger partial charge in [0.1, 0.15) is 6.61 Å². The molecule has 0 spiro atoms. The number of ether oxygens (including phenoxy) is 2. The van der Waals surface area contributed by atoms with Crippen molar-refractivity contribution in [1.82, 2.24) is 0 Å². The van der Waals surface area contributed by atoms with Gasteiger partial charge in [0, 0.05) is 12.8 Å². The normalized spacial score (nSPS) is 13.0. The van der Waals surface area contributed by atoms with Crippen LogP contribution in [0.25, 0.3) is 0 Å². The van der Waals surface area contributed by atoms with Crippen molar-refractivity contribution < 1.29 is 37.9 Å². The van der Waals surface area contributed by atoms with E-state index in [0.29, 0.717) is 6.42 Å². The van der Waals surface area contributed by atoms with Crippen molar-refractivity contribution in [2.45, 2.75) is 174 Å². The van der Waals surface area contributed by atoms with Crippen molar-refractivity contribution >= 4 is 19.8 Å². The van der Waals surface area contributed by atoms with Crippen molar-refractivity contribution in [3.8, 4) is 0 Å². The molecule has 278 valence electrons. The highest BCUT2D eigenvalue weighted by molar-refractivity contribution is 7.46. The number of carbonyl (C=O) groups is 2. The van der Waals surface area contributed by atoms with Crippen LogP contribution in [0.1, 0.15) is 168 Å². The zero-order chi connectivity index (χ0) is 35.4. The van der Waals surface area contributed by atoms with Crippen LogP contribution in [0.3, 0.4) is 0 Å². The number of carbonyl (C=O) groups excluding carboxylic acids is 2. The maximum atomic E-state index is 12.3. The Kier molecular flexibility index (Phi) is 33.4. The molecule has 48 heavy (non-hydrogen) atoms. The fraction of sp³-hybridized carbons (Fsp3) is 0.744. The zero-order valence-electron chi connectivity index (χ0n) is 30.4. The maximum Gasteiger partial charge on any atom is 0.469 e. The summed E-state index contributed by atoms with van der Waals surface area (Å²) in [6, 6.07) is 0. The molecule has 0 aromatic carbocycles. The van der Waals surface area contributed by atoms with Crippen LogP contribution >= 0.6 is 7.82 Å². The van der Waals surface area contributed by atoms with E-state index in [1.165, 1.54) is 77.0 Å². The summed E-state index contributed by atoms with van der Waals surface area (Å²) in [5.41, 5.74) is 0. The summed E-state index contributed by atoms with van der Waals surface area (Å²) in [5, 5.41) is 0. The lowest BCUT2D eigenvalue weighted by molar-refractivity contribution is -0.161. The Labute approximate surface area is 293 Å². The second-order valence-electron chi connectivity index (χ2n) is 12.6. The summed E-state index contributed by atoms with van der Waals surface area (Å²) in [6.45, 7) is 3.61.